The summed E-state index contributed by atoms with van der Waals surface area (Å²) >= 11 is 0. The van der Waals surface area contributed by atoms with Gasteiger partial charge >= 0.3 is 0 Å². The van der Waals surface area contributed by atoms with Crippen LogP contribution in [-0.4, -0.2) is 24.9 Å². The average molecular weight is 239 g/mol. The van der Waals surface area contributed by atoms with Gasteiger partial charge in [0.25, 0.3) is 0 Å². The molecule has 0 spiro atoms. The van der Waals surface area contributed by atoms with Crippen LogP contribution in [0.1, 0.15) is 18.4 Å². The highest BCUT2D eigenvalue weighted by atomic mass is 19.1. The topological polar surface area (TPSA) is 55.5 Å². The van der Waals surface area contributed by atoms with Crippen molar-refractivity contribution in [1.29, 1.82) is 0 Å². The molecule has 0 aromatic heterocycles. The summed E-state index contributed by atoms with van der Waals surface area (Å²) in [6.07, 6.45) is 1.18. The van der Waals surface area contributed by atoms with Crippen LogP contribution in [0, 0.1) is 11.7 Å². The van der Waals surface area contributed by atoms with E-state index in [0.717, 1.165) is 0 Å². The molecule has 94 valence electrons. The van der Waals surface area contributed by atoms with Crippen LogP contribution in [0.4, 0.5) is 4.39 Å². The number of aliphatic hydroxyl groups excluding tert-OH is 1. The van der Waals surface area contributed by atoms with E-state index in [1.807, 2.05) is 0 Å². The van der Waals surface area contributed by atoms with Gasteiger partial charge in [0, 0.05) is 25.2 Å². The Hall–Kier alpha value is -0.970. The second-order valence-electron chi connectivity index (χ2n) is 4.70. The van der Waals surface area contributed by atoms with Crippen molar-refractivity contribution in [3.05, 3.63) is 35.6 Å². The van der Waals surface area contributed by atoms with Gasteiger partial charge in [0.15, 0.2) is 0 Å². The highest BCUT2D eigenvalue weighted by molar-refractivity contribution is 5.29. The normalized spacial score (nSPS) is 32.9. The summed E-state index contributed by atoms with van der Waals surface area (Å²) in [5, 5.41) is 9.41. The van der Waals surface area contributed by atoms with Gasteiger partial charge in [-0.15, -0.1) is 0 Å². The molecule has 2 rings (SSSR count). The van der Waals surface area contributed by atoms with Gasteiger partial charge in [0.05, 0.1) is 11.6 Å². The third kappa shape index (κ3) is 2.08. The molecular formula is C13H18FNO2. The molecule has 0 aliphatic heterocycles. The van der Waals surface area contributed by atoms with Gasteiger partial charge in [-0.05, 0) is 18.9 Å². The lowest BCUT2D eigenvalue weighted by molar-refractivity contribution is 0.0996. The molecular weight excluding hydrogens is 221 g/mol. The lowest BCUT2D eigenvalue weighted by Gasteiger charge is -2.31. The van der Waals surface area contributed by atoms with Crippen molar-refractivity contribution < 1.29 is 14.2 Å². The van der Waals surface area contributed by atoms with Gasteiger partial charge in [-0.3, -0.25) is 0 Å². The highest BCUT2D eigenvalue weighted by Crippen LogP contribution is 2.43. The molecule has 1 aromatic rings. The van der Waals surface area contributed by atoms with Crippen molar-refractivity contribution in [3.63, 3.8) is 0 Å². The minimum atomic E-state index is -0.833. The lowest BCUT2D eigenvalue weighted by Crippen LogP contribution is -2.42. The molecule has 0 bridgehead atoms. The molecule has 0 unspecified atom stereocenters. The summed E-state index contributed by atoms with van der Waals surface area (Å²) in [5.74, 6) is -0.477. The summed E-state index contributed by atoms with van der Waals surface area (Å²) in [4.78, 5) is 0. The second-order valence-corrected chi connectivity index (χ2v) is 4.70. The Morgan fingerprint density at radius 2 is 2.24 bits per heavy atom. The van der Waals surface area contributed by atoms with E-state index in [2.05, 4.69) is 0 Å². The predicted octanol–water partition coefficient (Wildman–Crippen LogP) is 1.40. The zero-order valence-electron chi connectivity index (χ0n) is 9.90. The zero-order valence-corrected chi connectivity index (χ0v) is 9.90. The van der Waals surface area contributed by atoms with E-state index in [1.54, 1.807) is 25.3 Å². The van der Waals surface area contributed by atoms with Crippen molar-refractivity contribution in [2.24, 2.45) is 11.7 Å². The van der Waals surface area contributed by atoms with Gasteiger partial charge in [-0.25, -0.2) is 4.39 Å². The van der Waals surface area contributed by atoms with Gasteiger partial charge in [0.1, 0.15) is 5.82 Å². The quantitative estimate of drug-likeness (QED) is 0.838. The van der Waals surface area contributed by atoms with Crippen molar-refractivity contribution in [2.75, 3.05) is 13.7 Å². The number of methoxy groups -OCH3 is 1. The number of aliphatic hydroxyl groups is 1. The third-order valence-corrected chi connectivity index (χ3v) is 3.77. The van der Waals surface area contributed by atoms with E-state index in [1.165, 1.54) is 6.07 Å². The first kappa shape index (κ1) is 12.5. The van der Waals surface area contributed by atoms with Crippen LogP contribution in [0.25, 0.3) is 0 Å². The molecule has 1 saturated carbocycles. The minimum absolute atomic E-state index is 0.0169. The SMILES string of the molecule is CO[C@H]1C[C@@H](CO)[C@](N)(c2ccccc2F)C1. The van der Waals surface area contributed by atoms with Crippen molar-refractivity contribution >= 4 is 0 Å². The van der Waals surface area contributed by atoms with Crippen LogP contribution in [0.2, 0.25) is 0 Å². The molecule has 1 fully saturated rings. The predicted molar refractivity (Wildman–Crippen MR) is 62.9 cm³/mol. The fraction of sp³-hybridized carbons (Fsp3) is 0.538. The molecule has 0 heterocycles. The fourth-order valence-corrected chi connectivity index (χ4v) is 2.74. The number of halogens is 1. The Morgan fingerprint density at radius 1 is 1.53 bits per heavy atom. The molecule has 1 aromatic carbocycles. The first-order chi connectivity index (χ1) is 8.11. The molecule has 3 N–H and O–H groups in total. The van der Waals surface area contributed by atoms with Crippen molar-refractivity contribution in [3.8, 4) is 0 Å². The number of benzene rings is 1. The Balaban J connectivity index is 2.37. The smallest absolute Gasteiger partial charge is 0.128 e. The van der Waals surface area contributed by atoms with Crippen LogP contribution in [0.3, 0.4) is 0 Å². The Labute approximate surface area is 100 Å². The molecule has 17 heavy (non-hydrogen) atoms. The summed E-state index contributed by atoms with van der Waals surface area (Å²) in [7, 11) is 1.62. The van der Waals surface area contributed by atoms with E-state index < -0.39 is 5.54 Å². The molecule has 4 heteroatoms. The van der Waals surface area contributed by atoms with Gasteiger partial charge < -0.3 is 15.6 Å². The molecule has 1 aliphatic carbocycles. The minimum Gasteiger partial charge on any atom is -0.396 e. The van der Waals surface area contributed by atoms with Crippen LogP contribution in [0.15, 0.2) is 24.3 Å². The highest BCUT2D eigenvalue weighted by Gasteiger charge is 2.46. The third-order valence-electron chi connectivity index (χ3n) is 3.77. The molecule has 3 atom stereocenters. The first-order valence-corrected chi connectivity index (χ1v) is 5.79. The van der Waals surface area contributed by atoms with Gasteiger partial charge in [-0.2, -0.15) is 0 Å². The number of nitrogens with two attached hydrogens (primary N) is 1. The van der Waals surface area contributed by atoms with Gasteiger partial charge in [-0.1, -0.05) is 18.2 Å². The maximum Gasteiger partial charge on any atom is 0.128 e. The average Bonchev–Trinajstić information content (AvgIpc) is 2.67. The van der Waals surface area contributed by atoms with E-state index in [4.69, 9.17) is 10.5 Å². The van der Waals surface area contributed by atoms with Crippen LogP contribution in [0.5, 0.6) is 0 Å². The van der Waals surface area contributed by atoms with Crippen molar-refractivity contribution in [1.82, 2.24) is 0 Å². The summed E-state index contributed by atoms with van der Waals surface area (Å²) < 4.78 is 19.1. The van der Waals surface area contributed by atoms with E-state index in [0.29, 0.717) is 18.4 Å². The maximum atomic E-state index is 13.8. The van der Waals surface area contributed by atoms with Gasteiger partial charge in [0.2, 0.25) is 0 Å². The monoisotopic (exact) mass is 239 g/mol. The van der Waals surface area contributed by atoms with Crippen LogP contribution >= 0.6 is 0 Å². The fourth-order valence-electron chi connectivity index (χ4n) is 2.74. The summed E-state index contributed by atoms with van der Waals surface area (Å²) in [6.45, 7) is -0.0509. The Kier molecular flexibility index (Phi) is 3.47. The second kappa shape index (κ2) is 4.72. The largest absolute Gasteiger partial charge is 0.396 e. The molecule has 1 aliphatic rings. The first-order valence-electron chi connectivity index (χ1n) is 5.79. The lowest BCUT2D eigenvalue weighted by atomic mass is 9.81. The number of hydrogen-bond donors (Lipinski definition) is 2. The molecule has 0 saturated heterocycles. The zero-order chi connectivity index (χ0) is 12.5. The standard InChI is InChI=1S/C13H18FNO2/c1-17-10-6-9(8-16)13(15,7-10)11-4-2-3-5-12(11)14/h2-5,9-10,16H,6-8,15H2,1H3/t9-,10-,13-/m0/s1. The van der Waals surface area contributed by atoms with Crippen molar-refractivity contribution in [2.45, 2.75) is 24.5 Å². The van der Waals surface area contributed by atoms with E-state index >= 15 is 0 Å². The summed E-state index contributed by atoms with van der Waals surface area (Å²) in [6, 6.07) is 6.50. The Bertz CT molecular complexity index is 399. The molecule has 0 amide bonds. The van der Waals surface area contributed by atoms with Crippen LogP contribution in [-0.2, 0) is 10.3 Å². The van der Waals surface area contributed by atoms with Crippen LogP contribution < -0.4 is 5.73 Å². The molecule has 3 nitrogen and oxygen atoms in total. The molecule has 0 radical (unpaired) electrons. The van der Waals surface area contributed by atoms with E-state index in [9.17, 15) is 9.50 Å². The number of hydrogen-bond acceptors (Lipinski definition) is 3. The number of ether oxygens (including phenoxy) is 1. The number of rotatable bonds is 3. The maximum absolute atomic E-state index is 13.8. The Morgan fingerprint density at radius 3 is 2.82 bits per heavy atom. The summed E-state index contributed by atoms with van der Waals surface area (Å²) in [5.41, 5.74) is 5.96. The van der Waals surface area contributed by atoms with E-state index in [-0.39, 0.29) is 24.4 Å².